The van der Waals surface area contributed by atoms with Gasteiger partial charge in [-0.05, 0) is 33.3 Å². The van der Waals surface area contributed by atoms with Crippen molar-refractivity contribution < 1.29 is 23.8 Å². The number of rotatable bonds is 8. The normalized spacial score (nSPS) is 10.8. The molecule has 7 nitrogen and oxygen atoms in total. The zero-order valence-corrected chi connectivity index (χ0v) is 15.6. The Kier molecular flexibility index (Phi) is 8.04. The van der Waals surface area contributed by atoms with Gasteiger partial charge < -0.3 is 24.8 Å². The number of carbonyl (C=O) groups is 2. The van der Waals surface area contributed by atoms with Gasteiger partial charge in [0.25, 0.3) is 0 Å². The summed E-state index contributed by atoms with van der Waals surface area (Å²) < 4.78 is 15.7. The number of methoxy groups -OCH3 is 2. The minimum atomic E-state index is -0.531. The summed E-state index contributed by atoms with van der Waals surface area (Å²) in [6.07, 6.45) is 0.358. The lowest BCUT2D eigenvalue weighted by molar-refractivity contribution is -0.121. The number of amides is 2. The molecule has 1 rings (SSSR count). The predicted octanol–water partition coefficient (Wildman–Crippen LogP) is 2.62. The van der Waals surface area contributed by atoms with E-state index in [4.69, 9.17) is 14.2 Å². The maximum Gasteiger partial charge on any atom is 0.407 e. The van der Waals surface area contributed by atoms with Gasteiger partial charge >= 0.3 is 6.09 Å². The Morgan fingerprint density at radius 1 is 1.08 bits per heavy atom. The zero-order valence-electron chi connectivity index (χ0n) is 15.6. The molecule has 0 aliphatic heterocycles. The van der Waals surface area contributed by atoms with Gasteiger partial charge in [0.15, 0.2) is 11.5 Å². The molecule has 7 heteroatoms. The van der Waals surface area contributed by atoms with Crippen LogP contribution in [0.15, 0.2) is 18.2 Å². The van der Waals surface area contributed by atoms with Crippen molar-refractivity contribution >= 4 is 12.0 Å². The third kappa shape index (κ3) is 7.78. The zero-order chi connectivity index (χ0) is 18.9. The first-order valence-electron chi connectivity index (χ1n) is 8.20. The highest BCUT2D eigenvalue weighted by Gasteiger charge is 2.15. The van der Waals surface area contributed by atoms with E-state index < -0.39 is 11.7 Å². The van der Waals surface area contributed by atoms with E-state index >= 15 is 0 Å². The number of carbonyl (C=O) groups excluding carboxylic acids is 2. The molecule has 0 fully saturated rings. The van der Waals surface area contributed by atoms with Gasteiger partial charge in [0.2, 0.25) is 5.91 Å². The van der Waals surface area contributed by atoms with E-state index in [1.165, 1.54) is 0 Å². The highest BCUT2D eigenvalue weighted by molar-refractivity contribution is 5.76. The molecule has 0 bridgehead atoms. The van der Waals surface area contributed by atoms with E-state index in [-0.39, 0.29) is 5.91 Å². The molecule has 0 aliphatic carbocycles. The molecule has 1 aromatic carbocycles. The van der Waals surface area contributed by atoms with E-state index in [0.717, 1.165) is 5.56 Å². The fraction of sp³-hybridized carbons (Fsp3) is 0.556. The summed E-state index contributed by atoms with van der Waals surface area (Å²) >= 11 is 0. The van der Waals surface area contributed by atoms with Crippen LogP contribution in [0.1, 0.15) is 39.2 Å². The Balaban J connectivity index is 2.33. The largest absolute Gasteiger partial charge is 0.493 e. The minimum absolute atomic E-state index is 0.101. The summed E-state index contributed by atoms with van der Waals surface area (Å²) in [5, 5.41) is 5.46. The lowest BCUT2D eigenvalue weighted by Gasteiger charge is -2.19. The molecule has 0 atom stereocenters. The fourth-order valence-electron chi connectivity index (χ4n) is 2.13. The maximum atomic E-state index is 11.9. The van der Waals surface area contributed by atoms with Gasteiger partial charge in [-0.15, -0.1) is 0 Å². The van der Waals surface area contributed by atoms with Crippen molar-refractivity contribution in [3.63, 3.8) is 0 Å². The standard InChI is InChI=1S/C18H28N2O5/c1-18(2,3)25-17(22)19-11-7-10-15(21)20-12-13-8-6-9-14(23-4)16(13)24-5/h6,8-9H,7,10-12H2,1-5H3,(H,19,22)(H,20,21). The first kappa shape index (κ1) is 20.6. The molecule has 0 saturated carbocycles. The van der Waals surface area contributed by atoms with Gasteiger partial charge in [-0.25, -0.2) is 4.79 Å². The molecule has 2 amide bonds. The number of benzene rings is 1. The molecule has 0 aromatic heterocycles. The van der Waals surface area contributed by atoms with Crippen molar-refractivity contribution in [1.82, 2.24) is 10.6 Å². The number of hydrogen-bond donors (Lipinski definition) is 2. The first-order valence-corrected chi connectivity index (χ1v) is 8.20. The van der Waals surface area contributed by atoms with Crippen LogP contribution >= 0.6 is 0 Å². The van der Waals surface area contributed by atoms with Gasteiger partial charge in [-0.3, -0.25) is 4.79 Å². The van der Waals surface area contributed by atoms with Crippen LogP contribution in [-0.4, -0.2) is 38.4 Å². The van der Waals surface area contributed by atoms with Gasteiger partial charge in [0.1, 0.15) is 5.60 Å². The SMILES string of the molecule is COc1cccc(CNC(=O)CCCNC(=O)OC(C)(C)C)c1OC. The van der Waals surface area contributed by atoms with Crippen molar-refractivity contribution in [2.75, 3.05) is 20.8 Å². The molecule has 140 valence electrons. The second-order valence-electron chi connectivity index (χ2n) is 6.46. The average Bonchev–Trinajstić information content (AvgIpc) is 2.54. The number of nitrogens with one attached hydrogen (secondary N) is 2. The Morgan fingerprint density at radius 2 is 1.80 bits per heavy atom. The Hall–Kier alpha value is -2.44. The van der Waals surface area contributed by atoms with Crippen molar-refractivity contribution in [3.8, 4) is 11.5 Å². The molecule has 25 heavy (non-hydrogen) atoms. The molecular formula is C18H28N2O5. The third-order valence-electron chi connectivity index (χ3n) is 3.21. The molecular weight excluding hydrogens is 324 g/mol. The Bertz CT molecular complexity index is 581. The van der Waals surface area contributed by atoms with E-state index in [2.05, 4.69) is 10.6 Å². The van der Waals surface area contributed by atoms with Crippen molar-refractivity contribution in [3.05, 3.63) is 23.8 Å². The topological polar surface area (TPSA) is 85.9 Å². The molecule has 2 N–H and O–H groups in total. The fourth-order valence-corrected chi connectivity index (χ4v) is 2.13. The predicted molar refractivity (Wildman–Crippen MR) is 94.9 cm³/mol. The molecule has 0 radical (unpaired) electrons. The summed E-state index contributed by atoms with van der Waals surface area (Å²) in [5.74, 6) is 1.13. The van der Waals surface area contributed by atoms with Crippen LogP contribution in [-0.2, 0) is 16.1 Å². The van der Waals surface area contributed by atoms with E-state index in [0.29, 0.717) is 37.4 Å². The summed E-state index contributed by atoms with van der Waals surface area (Å²) in [4.78, 5) is 23.4. The van der Waals surface area contributed by atoms with E-state index in [9.17, 15) is 9.59 Å². The van der Waals surface area contributed by atoms with Crippen LogP contribution in [0.25, 0.3) is 0 Å². The van der Waals surface area contributed by atoms with Crippen molar-refractivity contribution in [2.24, 2.45) is 0 Å². The van der Waals surface area contributed by atoms with Gasteiger partial charge in [-0.2, -0.15) is 0 Å². The van der Waals surface area contributed by atoms with E-state index in [1.807, 2.05) is 12.1 Å². The van der Waals surface area contributed by atoms with Crippen LogP contribution in [0.4, 0.5) is 4.79 Å². The highest BCUT2D eigenvalue weighted by Crippen LogP contribution is 2.30. The molecule has 0 unspecified atom stereocenters. The number of hydrogen-bond acceptors (Lipinski definition) is 5. The molecule has 0 aliphatic rings. The minimum Gasteiger partial charge on any atom is -0.493 e. The second-order valence-corrected chi connectivity index (χ2v) is 6.46. The lowest BCUT2D eigenvalue weighted by atomic mass is 10.1. The van der Waals surface area contributed by atoms with Crippen LogP contribution in [0, 0.1) is 0 Å². The van der Waals surface area contributed by atoms with Crippen molar-refractivity contribution in [2.45, 2.75) is 45.8 Å². The molecule has 0 heterocycles. The average molecular weight is 352 g/mol. The monoisotopic (exact) mass is 352 g/mol. The summed E-state index contributed by atoms with van der Waals surface area (Å²) in [6.45, 7) is 6.12. The summed E-state index contributed by atoms with van der Waals surface area (Å²) in [7, 11) is 3.13. The molecule has 1 aromatic rings. The number of para-hydroxylation sites is 1. The molecule has 0 spiro atoms. The summed E-state index contributed by atoms with van der Waals surface area (Å²) in [5.41, 5.74) is 0.305. The summed E-state index contributed by atoms with van der Waals surface area (Å²) in [6, 6.07) is 5.51. The maximum absolute atomic E-state index is 11.9. The van der Waals surface area contributed by atoms with Gasteiger partial charge in [0, 0.05) is 25.1 Å². The lowest BCUT2D eigenvalue weighted by Crippen LogP contribution is -2.33. The van der Waals surface area contributed by atoms with E-state index in [1.54, 1.807) is 41.1 Å². The highest BCUT2D eigenvalue weighted by atomic mass is 16.6. The van der Waals surface area contributed by atoms with Crippen LogP contribution < -0.4 is 20.1 Å². The Labute approximate surface area is 149 Å². The third-order valence-corrected chi connectivity index (χ3v) is 3.21. The van der Waals surface area contributed by atoms with Crippen molar-refractivity contribution in [1.29, 1.82) is 0 Å². The number of ether oxygens (including phenoxy) is 3. The first-order chi connectivity index (χ1) is 11.8. The molecule has 0 saturated heterocycles. The van der Waals surface area contributed by atoms with Crippen LogP contribution in [0.3, 0.4) is 0 Å². The van der Waals surface area contributed by atoms with Crippen LogP contribution in [0.2, 0.25) is 0 Å². The number of alkyl carbamates (subject to hydrolysis) is 1. The Morgan fingerprint density at radius 3 is 2.40 bits per heavy atom. The van der Waals surface area contributed by atoms with Crippen LogP contribution in [0.5, 0.6) is 11.5 Å². The second kappa shape index (κ2) is 9.76. The van der Waals surface area contributed by atoms with Gasteiger partial charge in [0.05, 0.1) is 14.2 Å². The van der Waals surface area contributed by atoms with Gasteiger partial charge in [-0.1, -0.05) is 12.1 Å². The smallest absolute Gasteiger partial charge is 0.407 e. The quantitative estimate of drug-likeness (QED) is 0.703.